The highest BCUT2D eigenvalue weighted by atomic mass is 16.5. The third kappa shape index (κ3) is 4.68. The zero-order chi connectivity index (χ0) is 16.7. The molecule has 0 heterocycles. The zero-order valence-electron chi connectivity index (χ0n) is 15.0. The Morgan fingerprint density at radius 3 is 1.43 bits per heavy atom. The smallest absolute Gasteiger partial charge is 0.0835 e. The van der Waals surface area contributed by atoms with Crippen LogP contribution < -0.4 is 0 Å². The van der Waals surface area contributed by atoms with Gasteiger partial charge in [0.2, 0.25) is 0 Å². The van der Waals surface area contributed by atoms with Gasteiger partial charge in [0.1, 0.15) is 0 Å². The molecule has 2 aromatic rings. The lowest BCUT2D eigenvalue weighted by molar-refractivity contribution is -0.0252. The van der Waals surface area contributed by atoms with Gasteiger partial charge in [-0.25, -0.2) is 0 Å². The molecule has 2 unspecified atom stereocenters. The van der Waals surface area contributed by atoms with Gasteiger partial charge in [0.05, 0.1) is 12.2 Å². The molecule has 0 saturated heterocycles. The van der Waals surface area contributed by atoms with E-state index < -0.39 is 0 Å². The van der Waals surface area contributed by atoms with Gasteiger partial charge in [-0.15, -0.1) is 0 Å². The Morgan fingerprint density at radius 1 is 0.696 bits per heavy atom. The molecule has 2 aromatic carbocycles. The number of ether oxygens (including phenoxy) is 1. The van der Waals surface area contributed by atoms with Crippen molar-refractivity contribution in [3.05, 3.63) is 70.8 Å². The van der Waals surface area contributed by atoms with Crippen molar-refractivity contribution < 1.29 is 4.74 Å². The first-order valence-electron chi connectivity index (χ1n) is 8.93. The number of aryl methyl sites for hydroxylation is 2. The highest BCUT2D eigenvalue weighted by Crippen LogP contribution is 2.35. The fraction of sp³-hybridized carbons (Fsp3) is 0.455. The summed E-state index contributed by atoms with van der Waals surface area (Å²) in [5.41, 5.74) is 5.32. The van der Waals surface area contributed by atoms with Gasteiger partial charge in [-0.2, -0.15) is 0 Å². The molecule has 0 radical (unpaired) electrons. The third-order valence-electron chi connectivity index (χ3n) is 4.50. The Kier molecular flexibility index (Phi) is 6.85. The van der Waals surface area contributed by atoms with E-state index in [-0.39, 0.29) is 12.2 Å². The molecule has 23 heavy (non-hydrogen) atoms. The van der Waals surface area contributed by atoms with Gasteiger partial charge in [-0.1, -0.05) is 75.2 Å². The van der Waals surface area contributed by atoms with Crippen molar-refractivity contribution >= 4 is 0 Å². The van der Waals surface area contributed by atoms with Crippen LogP contribution >= 0.6 is 0 Å². The number of benzene rings is 2. The van der Waals surface area contributed by atoms with Crippen LogP contribution in [0.5, 0.6) is 0 Å². The van der Waals surface area contributed by atoms with Gasteiger partial charge in [-0.05, 0) is 48.9 Å². The topological polar surface area (TPSA) is 9.23 Å². The highest BCUT2D eigenvalue weighted by Gasteiger charge is 2.21. The zero-order valence-corrected chi connectivity index (χ0v) is 15.0. The first-order chi connectivity index (χ1) is 11.2. The Bertz CT molecular complexity index is 549. The van der Waals surface area contributed by atoms with Crippen molar-refractivity contribution in [1.82, 2.24) is 0 Å². The number of rotatable bonds is 8. The summed E-state index contributed by atoms with van der Waals surface area (Å²) in [6.07, 6.45) is 4.75. The van der Waals surface area contributed by atoms with Crippen LogP contribution in [0.4, 0.5) is 0 Å². The molecule has 124 valence electrons. The molecule has 1 heteroatoms. The Morgan fingerprint density at radius 2 is 1.09 bits per heavy atom. The monoisotopic (exact) mass is 310 g/mol. The second-order valence-corrected chi connectivity index (χ2v) is 6.40. The summed E-state index contributed by atoms with van der Waals surface area (Å²) in [5, 5.41) is 0. The van der Waals surface area contributed by atoms with Crippen molar-refractivity contribution in [2.45, 2.75) is 65.6 Å². The molecule has 0 aliphatic rings. The summed E-state index contributed by atoms with van der Waals surface area (Å²) in [5.74, 6) is 0. The van der Waals surface area contributed by atoms with E-state index in [0.29, 0.717) is 0 Å². The summed E-state index contributed by atoms with van der Waals surface area (Å²) < 4.78 is 6.67. The predicted octanol–water partition coefficient (Wildman–Crippen LogP) is 6.70. The van der Waals surface area contributed by atoms with Crippen LogP contribution in [-0.2, 0) is 4.74 Å². The minimum atomic E-state index is 0.178. The largest absolute Gasteiger partial charge is 0.366 e. The van der Waals surface area contributed by atoms with E-state index >= 15 is 0 Å². The quantitative estimate of drug-likeness (QED) is 0.527. The van der Waals surface area contributed by atoms with Gasteiger partial charge in [0.15, 0.2) is 0 Å². The maximum absolute atomic E-state index is 6.67. The van der Waals surface area contributed by atoms with Gasteiger partial charge < -0.3 is 4.74 Å². The number of hydrogen-bond donors (Lipinski definition) is 0. The lowest BCUT2D eigenvalue weighted by Crippen LogP contribution is -2.13. The molecule has 0 amide bonds. The molecule has 0 aromatic heterocycles. The van der Waals surface area contributed by atoms with Gasteiger partial charge in [0, 0.05) is 0 Å². The average molecular weight is 310 g/mol. The molecule has 0 saturated carbocycles. The summed E-state index contributed by atoms with van der Waals surface area (Å²) in [4.78, 5) is 0. The maximum atomic E-state index is 6.67. The van der Waals surface area contributed by atoms with Crippen LogP contribution in [0.25, 0.3) is 0 Å². The SMILES string of the molecule is CCCC(OC(CCC)c1ccccc1C)c1ccccc1C. The molecule has 1 nitrogen and oxygen atoms in total. The van der Waals surface area contributed by atoms with E-state index in [4.69, 9.17) is 4.74 Å². The van der Waals surface area contributed by atoms with E-state index in [1.807, 2.05) is 0 Å². The lowest BCUT2D eigenvalue weighted by Gasteiger charge is -2.27. The normalized spacial score (nSPS) is 13.7. The van der Waals surface area contributed by atoms with Crippen LogP contribution in [0.3, 0.4) is 0 Å². The fourth-order valence-electron chi connectivity index (χ4n) is 3.21. The standard InChI is InChI=1S/C22H30O/c1-5-11-21(19-15-9-7-13-17(19)3)23-22(12-6-2)20-16-10-8-14-18(20)4/h7-10,13-16,21-22H,5-6,11-12H2,1-4H3. The second kappa shape index (κ2) is 8.88. The Hall–Kier alpha value is -1.60. The third-order valence-corrected chi connectivity index (χ3v) is 4.50. The minimum Gasteiger partial charge on any atom is -0.366 e. The Balaban J connectivity index is 2.28. The van der Waals surface area contributed by atoms with Crippen molar-refractivity contribution in [1.29, 1.82) is 0 Å². The average Bonchev–Trinajstić information content (AvgIpc) is 2.55. The minimum absolute atomic E-state index is 0.178. The van der Waals surface area contributed by atoms with Crippen molar-refractivity contribution in [3.8, 4) is 0 Å². The van der Waals surface area contributed by atoms with E-state index in [1.165, 1.54) is 22.3 Å². The molecule has 0 N–H and O–H groups in total. The molecular formula is C22H30O. The Labute approximate surface area is 141 Å². The fourth-order valence-corrected chi connectivity index (χ4v) is 3.21. The summed E-state index contributed by atoms with van der Waals surface area (Å²) in [6, 6.07) is 17.3. The highest BCUT2D eigenvalue weighted by molar-refractivity contribution is 5.30. The molecule has 0 fully saturated rings. The van der Waals surface area contributed by atoms with Crippen molar-refractivity contribution in [2.75, 3.05) is 0 Å². The molecule has 2 atom stereocenters. The lowest BCUT2D eigenvalue weighted by atomic mass is 9.97. The first-order valence-corrected chi connectivity index (χ1v) is 8.93. The van der Waals surface area contributed by atoms with Crippen LogP contribution in [0.2, 0.25) is 0 Å². The van der Waals surface area contributed by atoms with Crippen LogP contribution in [0.1, 0.15) is 74.0 Å². The maximum Gasteiger partial charge on any atom is 0.0835 e. The summed E-state index contributed by atoms with van der Waals surface area (Å²) in [7, 11) is 0. The van der Waals surface area contributed by atoms with Crippen molar-refractivity contribution in [3.63, 3.8) is 0 Å². The molecule has 0 aliphatic heterocycles. The summed E-state index contributed by atoms with van der Waals surface area (Å²) >= 11 is 0. The van der Waals surface area contributed by atoms with Crippen LogP contribution in [0, 0.1) is 13.8 Å². The predicted molar refractivity (Wildman–Crippen MR) is 98.7 cm³/mol. The van der Waals surface area contributed by atoms with E-state index in [9.17, 15) is 0 Å². The molecule has 0 spiro atoms. The van der Waals surface area contributed by atoms with E-state index in [2.05, 4.69) is 76.2 Å². The van der Waals surface area contributed by atoms with Gasteiger partial charge in [0.25, 0.3) is 0 Å². The van der Waals surface area contributed by atoms with E-state index in [0.717, 1.165) is 25.7 Å². The molecule has 0 bridgehead atoms. The van der Waals surface area contributed by atoms with E-state index in [1.54, 1.807) is 0 Å². The molecule has 0 aliphatic carbocycles. The second-order valence-electron chi connectivity index (χ2n) is 6.40. The molecule has 2 rings (SSSR count). The van der Waals surface area contributed by atoms with Gasteiger partial charge in [-0.3, -0.25) is 0 Å². The van der Waals surface area contributed by atoms with Crippen LogP contribution in [-0.4, -0.2) is 0 Å². The molecular weight excluding hydrogens is 280 g/mol. The van der Waals surface area contributed by atoms with Crippen molar-refractivity contribution in [2.24, 2.45) is 0 Å². The summed E-state index contributed by atoms with van der Waals surface area (Å²) in [6.45, 7) is 8.84. The first kappa shape index (κ1) is 17.7. The van der Waals surface area contributed by atoms with Gasteiger partial charge >= 0.3 is 0 Å². The van der Waals surface area contributed by atoms with Crippen LogP contribution in [0.15, 0.2) is 48.5 Å². The number of hydrogen-bond acceptors (Lipinski definition) is 1.